The molecule has 4 nitrogen and oxygen atoms in total. The average molecular weight is 329 g/mol. The van der Waals surface area contributed by atoms with E-state index in [0.717, 1.165) is 11.1 Å². The minimum absolute atomic E-state index is 0.385. The molecule has 0 aliphatic carbocycles. The van der Waals surface area contributed by atoms with Crippen molar-refractivity contribution in [3.05, 3.63) is 117 Å². The zero-order valence-corrected chi connectivity index (χ0v) is 13.3. The number of benzene rings is 3. The number of hydrogen-bond acceptors (Lipinski definition) is 3. The van der Waals surface area contributed by atoms with Gasteiger partial charge in [0.25, 0.3) is 0 Å². The predicted molar refractivity (Wildman–Crippen MR) is 96.9 cm³/mol. The molecule has 0 atom stereocenters. The zero-order chi connectivity index (χ0) is 17.2. The van der Waals surface area contributed by atoms with Gasteiger partial charge in [-0.2, -0.15) is 0 Å². The quantitative estimate of drug-likeness (QED) is 0.577. The Kier molecular flexibility index (Phi) is 3.78. The Morgan fingerprint density at radius 2 is 1.20 bits per heavy atom. The van der Waals surface area contributed by atoms with E-state index in [2.05, 4.69) is 0 Å². The maximum atomic E-state index is 12.6. The van der Waals surface area contributed by atoms with Gasteiger partial charge in [0.05, 0.1) is 16.9 Å². The molecule has 3 aromatic carbocycles. The van der Waals surface area contributed by atoms with Crippen molar-refractivity contribution in [3.8, 4) is 0 Å². The molecule has 0 spiro atoms. The van der Waals surface area contributed by atoms with E-state index in [1.54, 1.807) is 22.8 Å². The minimum atomic E-state index is -0.665. The lowest BCUT2D eigenvalue weighted by Gasteiger charge is -2.21. The molecule has 1 aromatic heterocycles. The molecule has 4 aromatic rings. The van der Waals surface area contributed by atoms with Gasteiger partial charge in [0.1, 0.15) is 0 Å². The standard InChI is InChI=1S/C21H15NO3/c23-20-17-13-7-8-14-18(17)22(21(24)25-20)19(15-9-3-1-4-10-15)16-11-5-2-6-12-16/h1-14,19H. The molecule has 4 rings (SSSR count). The van der Waals surface area contributed by atoms with Gasteiger partial charge in [0.2, 0.25) is 0 Å². The van der Waals surface area contributed by atoms with Crippen LogP contribution in [0.3, 0.4) is 0 Å². The number of nitrogens with zero attached hydrogens (tertiary/aromatic N) is 1. The van der Waals surface area contributed by atoms with E-state index in [-0.39, 0.29) is 6.04 Å². The maximum Gasteiger partial charge on any atom is 0.423 e. The molecule has 0 amide bonds. The first-order chi connectivity index (χ1) is 12.3. The number of fused-ring (bicyclic) bond motifs is 1. The van der Waals surface area contributed by atoms with E-state index < -0.39 is 11.4 Å². The van der Waals surface area contributed by atoms with E-state index >= 15 is 0 Å². The number of rotatable bonds is 3. The molecule has 1 heterocycles. The third-order valence-electron chi connectivity index (χ3n) is 4.25. The van der Waals surface area contributed by atoms with Crippen LogP contribution >= 0.6 is 0 Å². The summed E-state index contributed by atoms with van der Waals surface area (Å²) in [5.74, 6) is -0.665. The van der Waals surface area contributed by atoms with Crippen LogP contribution in [0.25, 0.3) is 10.9 Å². The van der Waals surface area contributed by atoms with Crippen LogP contribution in [0.5, 0.6) is 0 Å². The summed E-state index contributed by atoms with van der Waals surface area (Å²) in [4.78, 5) is 24.7. The summed E-state index contributed by atoms with van der Waals surface area (Å²) in [6.07, 6.45) is 0. The Morgan fingerprint density at radius 1 is 0.680 bits per heavy atom. The van der Waals surface area contributed by atoms with Crippen LogP contribution in [-0.4, -0.2) is 4.57 Å². The molecule has 25 heavy (non-hydrogen) atoms. The number of aromatic nitrogens is 1. The smallest absolute Gasteiger partial charge is 0.372 e. The molecule has 0 saturated heterocycles. The molecule has 0 unspecified atom stereocenters. The average Bonchev–Trinajstić information content (AvgIpc) is 2.66. The lowest BCUT2D eigenvalue weighted by Crippen LogP contribution is -2.29. The van der Waals surface area contributed by atoms with Crippen LogP contribution in [0.1, 0.15) is 17.2 Å². The Hall–Kier alpha value is -3.40. The van der Waals surface area contributed by atoms with Gasteiger partial charge in [-0.1, -0.05) is 72.8 Å². The first-order valence-corrected chi connectivity index (χ1v) is 8.00. The summed E-state index contributed by atoms with van der Waals surface area (Å²) < 4.78 is 6.54. The van der Waals surface area contributed by atoms with Gasteiger partial charge in [-0.25, -0.2) is 9.59 Å². The molecule has 0 fully saturated rings. The highest BCUT2D eigenvalue weighted by atomic mass is 16.4. The van der Waals surface area contributed by atoms with Crippen molar-refractivity contribution < 1.29 is 4.42 Å². The van der Waals surface area contributed by atoms with Crippen molar-refractivity contribution in [2.75, 3.05) is 0 Å². The summed E-state index contributed by atoms with van der Waals surface area (Å²) in [6.45, 7) is 0. The third-order valence-corrected chi connectivity index (χ3v) is 4.25. The van der Waals surface area contributed by atoms with Gasteiger partial charge in [-0.05, 0) is 23.3 Å². The van der Waals surface area contributed by atoms with Gasteiger partial charge in [-0.3, -0.25) is 4.57 Å². The number of para-hydroxylation sites is 1. The lowest BCUT2D eigenvalue weighted by molar-refractivity contribution is 0.412. The van der Waals surface area contributed by atoms with E-state index in [0.29, 0.717) is 10.9 Å². The molecule has 0 radical (unpaired) electrons. The highest BCUT2D eigenvalue weighted by Gasteiger charge is 2.21. The van der Waals surface area contributed by atoms with E-state index in [9.17, 15) is 9.59 Å². The highest BCUT2D eigenvalue weighted by Crippen LogP contribution is 2.27. The normalized spacial score (nSPS) is 11.1. The molecular formula is C21H15NO3. The molecule has 0 saturated carbocycles. The first-order valence-electron chi connectivity index (χ1n) is 8.00. The van der Waals surface area contributed by atoms with Crippen LogP contribution in [0, 0.1) is 0 Å². The fraction of sp³-hybridized carbons (Fsp3) is 0.0476. The van der Waals surface area contributed by atoms with Gasteiger partial charge >= 0.3 is 11.4 Å². The van der Waals surface area contributed by atoms with Crippen molar-refractivity contribution in [2.24, 2.45) is 0 Å². The molecule has 0 aliphatic heterocycles. The second kappa shape index (κ2) is 6.24. The molecule has 122 valence electrons. The summed E-state index contributed by atoms with van der Waals surface area (Å²) in [5.41, 5.74) is 1.82. The van der Waals surface area contributed by atoms with Crippen LogP contribution in [0.4, 0.5) is 0 Å². The van der Waals surface area contributed by atoms with Crippen molar-refractivity contribution in [2.45, 2.75) is 6.04 Å². The van der Waals surface area contributed by atoms with Crippen molar-refractivity contribution in [1.82, 2.24) is 4.57 Å². The summed E-state index contributed by atoms with van der Waals surface area (Å²) in [7, 11) is 0. The molecule has 4 heteroatoms. The van der Waals surface area contributed by atoms with E-state index in [1.807, 2.05) is 66.7 Å². The second-order valence-corrected chi connectivity index (χ2v) is 5.77. The molecular weight excluding hydrogens is 314 g/mol. The summed E-state index contributed by atoms with van der Waals surface area (Å²) in [6, 6.07) is 26.0. The maximum absolute atomic E-state index is 12.6. The van der Waals surface area contributed by atoms with Crippen LogP contribution in [-0.2, 0) is 0 Å². The van der Waals surface area contributed by atoms with Crippen molar-refractivity contribution >= 4 is 10.9 Å². The molecule has 0 aliphatic rings. The Labute approximate surface area is 143 Å². The zero-order valence-electron chi connectivity index (χ0n) is 13.3. The monoisotopic (exact) mass is 329 g/mol. The Balaban J connectivity index is 2.10. The fourth-order valence-corrected chi connectivity index (χ4v) is 3.14. The van der Waals surface area contributed by atoms with Gasteiger partial charge in [0.15, 0.2) is 0 Å². The Bertz CT molecular complexity index is 1090. The second-order valence-electron chi connectivity index (χ2n) is 5.77. The van der Waals surface area contributed by atoms with Gasteiger partial charge in [-0.15, -0.1) is 0 Å². The van der Waals surface area contributed by atoms with Gasteiger partial charge in [0, 0.05) is 0 Å². The summed E-state index contributed by atoms with van der Waals surface area (Å²) >= 11 is 0. The summed E-state index contributed by atoms with van der Waals surface area (Å²) in [5, 5.41) is 0.388. The fourth-order valence-electron chi connectivity index (χ4n) is 3.14. The SMILES string of the molecule is O=c1oc(=O)n(C(c2ccccc2)c2ccccc2)c2ccccc12. The Morgan fingerprint density at radius 3 is 1.80 bits per heavy atom. The predicted octanol–water partition coefficient (Wildman–Crippen LogP) is 3.59. The topological polar surface area (TPSA) is 52.2 Å². The molecule has 0 bridgehead atoms. The lowest BCUT2D eigenvalue weighted by atomic mass is 9.98. The van der Waals surface area contributed by atoms with Crippen molar-refractivity contribution in [3.63, 3.8) is 0 Å². The largest absolute Gasteiger partial charge is 0.423 e. The van der Waals surface area contributed by atoms with E-state index in [4.69, 9.17) is 4.42 Å². The number of hydrogen-bond donors (Lipinski definition) is 0. The van der Waals surface area contributed by atoms with E-state index in [1.165, 1.54) is 0 Å². The van der Waals surface area contributed by atoms with Gasteiger partial charge < -0.3 is 4.42 Å². The third kappa shape index (κ3) is 2.68. The molecule has 0 N–H and O–H groups in total. The van der Waals surface area contributed by atoms with Crippen molar-refractivity contribution in [1.29, 1.82) is 0 Å². The highest BCUT2D eigenvalue weighted by molar-refractivity contribution is 5.77. The van der Waals surface area contributed by atoms with Crippen LogP contribution in [0.2, 0.25) is 0 Å². The van der Waals surface area contributed by atoms with Crippen LogP contribution < -0.4 is 11.4 Å². The first kappa shape index (κ1) is 15.1. The minimum Gasteiger partial charge on any atom is -0.372 e. The van der Waals surface area contributed by atoms with Crippen LogP contribution in [0.15, 0.2) is 98.9 Å².